The van der Waals surface area contributed by atoms with E-state index in [1.807, 2.05) is 0 Å². The molecular weight excluding hydrogens is 234 g/mol. The predicted molar refractivity (Wildman–Crippen MR) is 54.9 cm³/mol. The molecule has 0 aromatic rings. The molecule has 0 radical (unpaired) electrons. The third-order valence-electron chi connectivity index (χ3n) is 2.23. The summed E-state index contributed by atoms with van der Waals surface area (Å²) in [6.45, 7) is 6.47. The first-order valence-corrected chi connectivity index (χ1v) is 5.14. The van der Waals surface area contributed by atoms with Gasteiger partial charge in [-0.2, -0.15) is 0 Å². The Morgan fingerprint density at radius 2 is 2.38 bits per heavy atom. The molecule has 1 aliphatic heterocycles. The number of halogens is 1. The van der Waals surface area contributed by atoms with Gasteiger partial charge in [-0.25, -0.2) is 0 Å². The Bertz CT molecular complexity index is 196. The zero-order valence-corrected chi connectivity index (χ0v) is 9.09. The third-order valence-corrected chi connectivity index (χ3v) is 2.48. The van der Waals surface area contributed by atoms with Crippen LogP contribution in [0, 0.1) is 5.92 Å². The molecule has 3 nitrogen and oxygen atoms in total. The largest absolute Gasteiger partial charge is 0.481 e. The molecule has 1 N–H and O–H groups in total. The lowest BCUT2D eigenvalue weighted by Crippen LogP contribution is -2.22. The molecule has 1 atom stereocenters. The van der Waals surface area contributed by atoms with Crippen LogP contribution >= 0.6 is 15.9 Å². The van der Waals surface area contributed by atoms with Crippen molar-refractivity contribution in [1.82, 2.24) is 4.90 Å². The van der Waals surface area contributed by atoms with Crippen LogP contribution in [0.15, 0.2) is 11.1 Å². The van der Waals surface area contributed by atoms with Crippen LogP contribution < -0.4 is 0 Å². The molecule has 1 saturated heterocycles. The predicted octanol–water partition coefficient (Wildman–Crippen LogP) is 1.69. The number of carboxylic acids is 1. The Balaban J connectivity index is 2.27. The number of rotatable bonds is 4. The van der Waals surface area contributed by atoms with Gasteiger partial charge in [-0.1, -0.05) is 22.5 Å². The second-order valence-corrected chi connectivity index (χ2v) is 4.63. The normalized spacial score (nSPS) is 23.3. The smallest absolute Gasteiger partial charge is 0.303 e. The van der Waals surface area contributed by atoms with Crippen LogP contribution in [0.25, 0.3) is 0 Å². The highest BCUT2D eigenvalue weighted by atomic mass is 79.9. The summed E-state index contributed by atoms with van der Waals surface area (Å²) >= 11 is 3.30. The van der Waals surface area contributed by atoms with Gasteiger partial charge in [-0.05, 0) is 18.9 Å². The van der Waals surface area contributed by atoms with Crippen LogP contribution in [0.2, 0.25) is 0 Å². The Labute approximate surface area is 86.5 Å². The topological polar surface area (TPSA) is 40.5 Å². The van der Waals surface area contributed by atoms with Gasteiger partial charge in [-0.15, -0.1) is 0 Å². The highest BCUT2D eigenvalue weighted by Crippen LogP contribution is 2.20. The van der Waals surface area contributed by atoms with Gasteiger partial charge in [0.15, 0.2) is 0 Å². The first-order chi connectivity index (χ1) is 6.08. The van der Waals surface area contributed by atoms with Gasteiger partial charge in [0.2, 0.25) is 0 Å². The standard InChI is InChI=1S/C9H14BrNO2/c1-7(10)5-11-3-2-8(6-11)4-9(12)13/h8H,1-6H2,(H,12,13). The zero-order chi connectivity index (χ0) is 9.84. The third kappa shape index (κ3) is 3.91. The first kappa shape index (κ1) is 10.7. The average Bonchev–Trinajstić information content (AvgIpc) is 2.33. The van der Waals surface area contributed by atoms with Crippen LogP contribution in [0.5, 0.6) is 0 Å². The van der Waals surface area contributed by atoms with Crippen molar-refractivity contribution in [2.75, 3.05) is 19.6 Å². The fraction of sp³-hybridized carbons (Fsp3) is 0.667. The maximum atomic E-state index is 10.4. The van der Waals surface area contributed by atoms with E-state index < -0.39 is 5.97 Å². The summed E-state index contributed by atoms with van der Waals surface area (Å²) in [5, 5.41) is 8.60. The van der Waals surface area contributed by atoms with Gasteiger partial charge in [0, 0.05) is 24.0 Å². The highest BCUT2D eigenvalue weighted by molar-refractivity contribution is 9.11. The maximum Gasteiger partial charge on any atom is 0.303 e. The van der Waals surface area contributed by atoms with E-state index >= 15 is 0 Å². The van der Waals surface area contributed by atoms with Gasteiger partial charge in [0.1, 0.15) is 0 Å². The second-order valence-electron chi connectivity index (χ2n) is 3.50. The van der Waals surface area contributed by atoms with Crippen LogP contribution in [0.3, 0.4) is 0 Å². The van der Waals surface area contributed by atoms with E-state index in [2.05, 4.69) is 27.4 Å². The summed E-state index contributed by atoms with van der Waals surface area (Å²) in [4.78, 5) is 12.7. The SMILES string of the molecule is C=C(Br)CN1CCC(CC(=O)O)C1. The molecule has 0 aromatic heterocycles. The number of nitrogens with zero attached hydrogens (tertiary/aromatic N) is 1. The van der Waals surface area contributed by atoms with Gasteiger partial charge in [0.05, 0.1) is 0 Å². The van der Waals surface area contributed by atoms with E-state index in [1.54, 1.807) is 0 Å². The van der Waals surface area contributed by atoms with Crippen molar-refractivity contribution in [3.8, 4) is 0 Å². The fourth-order valence-electron chi connectivity index (χ4n) is 1.71. The number of likely N-dealkylation sites (tertiary alicyclic amines) is 1. The molecule has 0 bridgehead atoms. The van der Waals surface area contributed by atoms with Gasteiger partial charge < -0.3 is 5.11 Å². The number of aliphatic carboxylic acids is 1. The van der Waals surface area contributed by atoms with Crippen LogP contribution in [0.1, 0.15) is 12.8 Å². The molecule has 0 saturated carbocycles. The molecule has 13 heavy (non-hydrogen) atoms. The van der Waals surface area contributed by atoms with Crippen LogP contribution in [-0.4, -0.2) is 35.6 Å². The Morgan fingerprint density at radius 1 is 1.69 bits per heavy atom. The van der Waals surface area contributed by atoms with E-state index in [1.165, 1.54) is 0 Å². The van der Waals surface area contributed by atoms with Crippen molar-refractivity contribution in [3.05, 3.63) is 11.1 Å². The minimum atomic E-state index is -0.690. The Kier molecular flexibility index (Phi) is 3.93. The van der Waals surface area contributed by atoms with E-state index in [0.717, 1.165) is 30.5 Å². The van der Waals surface area contributed by atoms with Gasteiger partial charge >= 0.3 is 5.97 Å². The van der Waals surface area contributed by atoms with Crippen LogP contribution in [0.4, 0.5) is 0 Å². The number of carbonyl (C=O) groups is 1. The molecule has 1 heterocycles. The van der Waals surface area contributed by atoms with Crippen molar-refractivity contribution in [3.63, 3.8) is 0 Å². The molecule has 0 spiro atoms. The van der Waals surface area contributed by atoms with Gasteiger partial charge in [-0.3, -0.25) is 9.69 Å². The van der Waals surface area contributed by atoms with Crippen molar-refractivity contribution in [2.24, 2.45) is 5.92 Å². The molecule has 0 aromatic carbocycles. The number of hydrogen-bond acceptors (Lipinski definition) is 2. The average molecular weight is 248 g/mol. The van der Waals surface area contributed by atoms with Crippen molar-refractivity contribution < 1.29 is 9.90 Å². The van der Waals surface area contributed by atoms with Crippen molar-refractivity contribution in [1.29, 1.82) is 0 Å². The summed E-state index contributed by atoms with van der Waals surface area (Å²) in [6, 6.07) is 0. The lowest BCUT2D eigenvalue weighted by atomic mass is 10.1. The van der Waals surface area contributed by atoms with Crippen molar-refractivity contribution in [2.45, 2.75) is 12.8 Å². The minimum absolute atomic E-state index is 0.297. The monoisotopic (exact) mass is 247 g/mol. The molecule has 74 valence electrons. The molecule has 1 unspecified atom stereocenters. The van der Waals surface area contributed by atoms with E-state index in [9.17, 15) is 4.79 Å². The maximum absolute atomic E-state index is 10.4. The zero-order valence-electron chi connectivity index (χ0n) is 7.50. The van der Waals surface area contributed by atoms with Crippen LogP contribution in [-0.2, 0) is 4.79 Å². The highest BCUT2D eigenvalue weighted by Gasteiger charge is 2.24. The molecule has 1 rings (SSSR count). The van der Waals surface area contributed by atoms with E-state index in [-0.39, 0.29) is 0 Å². The molecule has 0 amide bonds. The summed E-state index contributed by atoms with van der Waals surface area (Å²) in [5.41, 5.74) is 0. The Hall–Kier alpha value is -0.350. The summed E-state index contributed by atoms with van der Waals surface area (Å²) in [5.74, 6) is -0.367. The minimum Gasteiger partial charge on any atom is -0.481 e. The van der Waals surface area contributed by atoms with Crippen molar-refractivity contribution >= 4 is 21.9 Å². The molecular formula is C9H14BrNO2. The van der Waals surface area contributed by atoms with E-state index in [0.29, 0.717) is 12.3 Å². The summed E-state index contributed by atoms with van der Waals surface area (Å²) < 4.78 is 0.962. The van der Waals surface area contributed by atoms with Gasteiger partial charge in [0.25, 0.3) is 0 Å². The molecule has 1 fully saturated rings. The number of carboxylic acid groups (broad SMARTS) is 1. The summed E-state index contributed by atoms with van der Waals surface area (Å²) in [7, 11) is 0. The molecule has 0 aliphatic carbocycles. The quantitative estimate of drug-likeness (QED) is 0.823. The molecule has 4 heteroatoms. The second kappa shape index (κ2) is 4.77. The Morgan fingerprint density at radius 3 is 2.92 bits per heavy atom. The number of hydrogen-bond donors (Lipinski definition) is 1. The lowest BCUT2D eigenvalue weighted by molar-refractivity contribution is -0.138. The lowest BCUT2D eigenvalue weighted by Gasteiger charge is -2.14. The molecule has 1 aliphatic rings. The summed E-state index contributed by atoms with van der Waals surface area (Å²) in [6.07, 6.45) is 1.29. The van der Waals surface area contributed by atoms with E-state index in [4.69, 9.17) is 5.11 Å². The first-order valence-electron chi connectivity index (χ1n) is 4.35. The fourth-order valence-corrected chi connectivity index (χ4v) is 2.07.